The van der Waals surface area contributed by atoms with Crippen LogP contribution in [0.1, 0.15) is 37.8 Å². The van der Waals surface area contributed by atoms with Crippen molar-refractivity contribution in [2.75, 3.05) is 51.2 Å². The van der Waals surface area contributed by atoms with Gasteiger partial charge in [0, 0.05) is 38.4 Å². The van der Waals surface area contributed by atoms with Crippen LogP contribution in [-0.2, 0) is 17.7 Å². The number of likely N-dealkylation sites (tertiary alicyclic amines) is 1. The number of para-hydroxylation sites is 1. The van der Waals surface area contributed by atoms with Crippen molar-refractivity contribution in [2.45, 2.75) is 45.8 Å². The Labute approximate surface area is 147 Å². The molecule has 134 valence electrons. The zero-order valence-corrected chi connectivity index (χ0v) is 15.4. The van der Waals surface area contributed by atoms with Gasteiger partial charge >= 0.3 is 0 Å². The van der Waals surface area contributed by atoms with Crippen molar-refractivity contribution in [3.05, 3.63) is 29.3 Å². The molecule has 0 unspecified atom stereocenters. The van der Waals surface area contributed by atoms with E-state index in [1.54, 1.807) is 0 Å². The van der Waals surface area contributed by atoms with Crippen LogP contribution < -0.4 is 5.32 Å². The number of hydrogen-bond acceptors (Lipinski definition) is 4. The van der Waals surface area contributed by atoms with Gasteiger partial charge in [-0.25, -0.2) is 0 Å². The summed E-state index contributed by atoms with van der Waals surface area (Å²) in [7, 11) is 0. The van der Waals surface area contributed by atoms with Gasteiger partial charge < -0.3 is 15.0 Å². The number of fused-ring (bicyclic) bond motifs is 1. The van der Waals surface area contributed by atoms with E-state index in [2.05, 4.69) is 47.2 Å². The predicted molar refractivity (Wildman–Crippen MR) is 101 cm³/mol. The second kappa shape index (κ2) is 8.84. The molecular weight excluding hydrogens is 298 g/mol. The van der Waals surface area contributed by atoms with Gasteiger partial charge in [0.1, 0.15) is 0 Å². The molecule has 1 aromatic carbocycles. The minimum atomic E-state index is 0.455. The van der Waals surface area contributed by atoms with E-state index in [1.165, 1.54) is 36.1 Å². The zero-order valence-electron chi connectivity index (χ0n) is 15.4. The van der Waals surface area contributed by atoms with Crippen LogP contribution in [0.4, 0.5) is 5.69 Å². The fourth-order valence-corrected chi connectivity index (χ4v) is 3.91. The summed E-state index contributed by atoms with van der Waals surface area (Å²) < 4.78 is 6.11. The minimum absolute atomic E-state index is 0.455. The lowest BCUT2D eigenvalue weighted by molar-refractivity contribution is -0.00219. The van der Waals surface area contributed by atoms with Crippen molar-refractivity contribution >= 4 is 5.69 Å². The van der Waals surface area contributed by atoms with Crippen LogP contribution >= 0.6 is 0 Å². The smallest absolute Gasteiger partial charge is 0.0600 e. The highest BCUT2D eigenvalue weighted by Crippen LogP contribution is 2.28. The molecule has 1 aromatic rings. The van der Waals surface area contributed by atoms with Crippen molar-refractivity contribution in [3.8, 4) is 0 Å². The number of piperidine rings is 1. The van der Waals surface area contributed by atoms with E-state index in [0.717, 1.165) is 52.4 Å². The van der Waals surface area contributed by atoms with Crippen molar-refractivity contribution in [3.63, 3.8) is 0 Å². The van der Waals surface area contributed by atoms with Gasteiger partial charge in [-0.1, -0.05) is 32.0 Å². The second-order valence-electron chi connectivity index (χ2n) is 7.00. The summed E-state index contributed by atoms with van der Waals surface area (Å²) in [6.45, 7) is 13.1. The molecule has 0 aliphatic carbocycles. The third kappa shape index (κ3) is 4.50. The monoisotopic (exact) mass is 331 g/mol. The number of anilines is 1. The Morgan fingerprint density at radius 2 is 2.00 bits per heavy atom. The number of ether oxygens (including phenoxy) is 1. The number of nitrogens with one attached hydrogen (secondary N) is 1. The Kier molecular flexibility index (Phi) is 6.52. The van der Waals surface area contributed by atoms with Crippen LogP contribution in [0, 0.1) is 0 Å². The third-order valence-corrected chi connectivity index (χ3v) is 5.52. The standard InChI is InChI=1S/C20H33N3O/c1-3-22(4-2)14-15-24-19-9-12-23(13-10-19)16-18-7-5-6-17-8-11-21-20(17)18/h5-7,19,21H,3-4,8-16H2,1-2H3. The predicted octanol–water partition coefficient (Wildman–Crippen LogP) is 2.98. The molecule has 0 bridgehead atoms. The van der Waals surface area contributed by atoms with Gasteiger partial charge in [0.15, 0.2) is 0 Å². The molecular formula is C20H33N3O. The van der Waals surface area contributed by atoms with Gasteiger partial charge in [-0.05, 0) is 43.5 Å². The first-order chi connectivity index (χ1) is 11.8. The molecule has 0 spiro atoms. The molecule has 2 aliphatic rings. The Morgan fingerprint density at radius 3 is 2.75 bits per heavy atom. The Hall–Kier alpha value is -1.10. The SMILES string of the molecule is CCN(CC)CCOC1CCN(Cc2cccc3c2NCC3)CC1. The van der Waals surface area contributed by atoms with Crippen molar-refractivity contribution in [1.29, 1.82) is 0 Å². The average molecular weight is 332 g/mol. The lowest BCUT2D eigenvalue weighted by Gasteiger charge is -2.32. The molecule has 1 N–H and O–H groups in total. The highest BCUT2D eigenvalue weighted by molar-refractivity contribution is 5.61. The van der Waals surface area contributed by atoms with Crippen molar-refractivity contribution < 1.29 is 4.74 Å². The van der Waals surface area contributed by atoms with Crippen LogP contribution in [0.5, 0.6) is 0 Å². The van der Waals surface area contributed by atoms with E-state index in [1.807, 2.05) is 0 Å². The average Bonchev–Trinajstić information content (AvgIpc) is 3.10. The first-order valence-corrected chi connectivity index (χ1v) is 9.71. The quantitative estimate of drug-likeness (QED) is 0.792. The van der Waals surface area contributed by atoms with Gasteiger partial charge in [-0.3, -0.25) is 4.90 Å². The highest BCUT2D eigenvalue weighted by Gasteiger charge is 2.21. The summed E-state index contributed by atoms with van der Waals surface area (Å²) in [6.07, 6.45) is 3.96. The fourth-order valence-electron chi connectivity index (χ4n) is 3.91. The van der Waals surface area contributed by atoms with E-state index in [-0.39, 0.29) is 0 Å². The van der Waals surface area contributed by atoms with E-state index < -0.39 is 0 Å². The van der Waals surface area contributed by atoms with Gasteiger partial charge in [0.25, 0.3) is 0 Å². The fraction of sp³-hybridized carbons (Fsp3) is 0.700. The lowest BCUT2D eigenvalue weighted by Crippen LogP contribution is -2.37. The van der Waals surface area contributed by atoms with E-state index in [0.29, 0.717) is 6.10 Å². The van der Waals surface area contributed by atoms with Crippen molar-refractivity contribution in [1.82, 2.24) is 9.80 Å². The summed E-state index contributed by atoms with van der Waals surface area (Å²) in [5.74, 6) is 0. The van der Waals surface area contributed by atoms with Crippen LogP contribution in [0.2, 0.25) is 0 Å². The minimum Gasteiger partial charge on any atom is -0.384 e. The van der Waals surface area contributed by atoms with Gasteiger partial charge in [-0.2, -0.15) is 0 Å². The normalized spacial score (nSPS) is 18.8. The molecule has 0 atom stereocenters. The number of likely N-dealkylation sites (N-methyl/N-ethyl adjacent to an activating group) is 1. The molecule has 4 nitrogen and oxygen atoms in total. The van der Waals surface area contributed by atoms with Crippen LogP contribution in [0.25, 0.3) is 0 Å². The maximum atomic E-state index is 6.11. The number of nitrogens with zero attached hydrogens (tertiary/aromatic N) is 2. The van der Waals surface area contributed by atoms with Gasteiger partial charge in [-0.15, -0.1) is 0 Å². The molecule has 4 heteroatoms. The van der Waals surface area contributed by atoms with Crippen LogP contribution in [0.15, 0.2) is 18.2 Å². The van der Waals surface area contributed by atoms with E-state index in [9.17, 15) is 0 Å². The molecule has 2 heterocycles. The maximum absolute atomic E-state index is 6.11. The molecule has 0 saturated carbocycles. The van der Waals surface area contributed by atoms with Crippen molar-refractivity contribution in [2.24, 2.45) is 0 Å². The molecule has 3 rings (SSSR count). The summed E-state index contributed by atoms with van der Waals surface area (Å²) in [5, 5.41) is 3.56. The largest absolute Gasteiger partial charge is 0.384 e. The molecule has 1 saturated heterocycles. The van der Waals surface area contributed by atoms with E-state index >= 15 is 0 Å². The Morgan fingerprint density at radius 1 is 1.21 bits per heavy atom. The first kappa shape index (κ1) is 17.7. The summed E-state index contributed by atoms with van der Waals surface area (Å²) >= 11 is 0. The highest BCUT2D eigenvalue weighted by atomic mass is 16.5. The molecule has 2 aliphatic heterocycles. The van der Waals surface area contributed by atoms with Gasteiger partial charge in [0.05, 0.1) is 12.7 Å². The maximum Gasteiger partial charge on any atom is 0.0600 e. The molecule has 1 fully saturated rings. The topological polar surface area (TPSA) is 27.7 Å². The van der Waals surface area contributed by atoms with Crippen LogP contribution in [-0.4, -0.2) is 61.8 Å². The summed E-state index contributed by atoms with van der Waals surface area (Å²) in [5.41, 5.74) is 4.35. The van der Waals surface area contributed by atoms with Crippen LogP contribution in [0.3, 0.4) is 0 Å². The molecule has 0 amide bonds. The first-order valence-electron chi connectivity index (χ1n) is 9.71. The Balaban J connectivity index is 1.40. The van der Waals surface area contributed by atoms with Gasteiger partial charge in [0.2, 0.25) is 0 Å². The van der Waals surface area contributed by atoms with E-state index in [4.69, 9.17) is 4.74 Å². The number of hydrogen-bond donors (Lipinski definition) is 1. The number of rotatable bonds is 8. The Bertz CT molecular complexity index is 508. The molecule has 24 heavy (non-hydrogen) atoms. The summed E-state index contributed by atoms with van der Waals surface area (Å²) in [4.78, 5) is 5.01. The second-order valence-corrected chi connectivity index (χ2v) is 7.00. The molecule has 0 aromatic heterocycles. The molecule has 0 radical (unpaired) electrons. The summed E-state index contributed by atoms with van der Waals surface area (Å²) in [6, 6.07) is 6.75. The number of benzene rings is 1. The zero-order chi connectivity index (χ0) is 16.8. The lowest BCUT2D eigenvalue weighted by atomic mass is 10.0. The third-order valence-electron chi connectivity index (χ3n) is 5.52.